The maximum atomic E-state index is 13.0. The number of unbranched alkanes of at least 4 members (excludes halogenated alkanes) is 7. The minimum absolute atomic E-state index is 0.0542. The van der Waals surface area contributed by atoms with Gasteiger partial charge in [-0.1, -0.05) is 70.4 Å². The number of aliphatic imine (C=N–C) groups is 1. The Morgan fingerprint density at radius 3 is 2.46 bits per heavy atom. The first-order valence-electron chi connectivity index (χ1n) is 15.0. The molecule has 0 amide bonds. The zero-order valence-electron chi connectivity index (χ0n) is 24.9. The van der Waals surface area contributed by atoms with E-state index in [1.165, 1.54) is 55.4 Å². The van der Waals surface area contributed by atoms with Crippen LogP contribution in [0.5, 0.6) is 0 Å². The van der Waals surface area contributed by atoms with Crippen molar-refractivity contribution < 1.29 is 14.0 Å². The molecule has 6 nitrogen and oxygen atoms in total. The molecule has 0 saturated carbocycles. The number of thiophene rings is 1. The van der Waals surface area contributed by atoms with Gasteiger partial charge >= 0.3 is 5.97 Å². The van der Waals surface area contributed by atoms with E-state index < -0.39 is 5.41 Å². The molecule has 39 heavy (non-hydrogen) atoms. The van der Waals surface area contributed by atoms with Gasteiger partial charge in [0, 0.05) is 4.88 Å². The zero-order valence-corrected chi connectivity index (χ0v) is 25.7. The van der Waals surface area contributed by atoms with Gasteiger partial charge in [-0.25, -0.2) is 4.99 Å². The maximum absolute atomic E-state index is 13.0. The van der Waals surface area contributed by atoms with Gasteiger partial charge < -0.3 is 15.0 Å². The molecule has 2 aromatic rings. The van der Waals surface area contributed by atoms with Crippen molar-refractivity contribution in [2.24, 2.45) is 10.4 Å². The number of nitrogens with one attached hydrogen (secondary N) is 1. The number of rotatable bonds is 12. The lowest BCUT2D eigenvalue weighted by atomic mass is 9.87. The third-order valence-electron chi connectivity index (χ3n) is 8.31. The SMILES string of the molecule is CCCCCCCCCCC(C)(C)C(=O)OC[N+]1(C)CCN(C2=Nc3ccccc3Nc3sc(C)cc32)CC1. The molecule has 0 spiro atoms. The minimum atomic E-state index is -0.425. The van der Waals surface area contributed by atoms with Crippen molar-refractivity contribution >= 4 is 39.5 Å². The van der Waals surface area contributed by atoms with Crippen LogP contribution in [0.4, 0.5) is 16.4 Å². The van der Waals surface area contributed by atoms with Gasteiger partial charge in [0.05, 0.1) is 55.6 Å². The van der Waals surface area contributed by atoms with Crippen LogP contribution in [0.15, 0.2) is 35.3 Å². The van der Waals surface area contributed by atoms with Crippen molar-refractivity contribution in [2.45, 2.75) is 85.5 Å². The lowest BCUT2D eigenvalue weighted by molar-refractivity contribution is -0.929. The highest BCUT2D eigenvalue weighted by Crippen LogP contribution is 2.39. The van der Waals surface area contributed by atoms with E-state index in [4.69, 9.17) is 9.73 Å². The van der Waals surface area contributed by atoms with Gasteiger partial charge in [-0.2, -0.15) is 0 Å². The van der Waals surface area contributed by atoms with Crippen LogP contribution in [0, 0.1) is 12.3 Å². The van der Waals surface area contributed by atoms with E-state index in [2.05, 4.69) is 55.4 Å². The number of piperazine rings is 1. The van der Waals surface area contributed by atoms with E-state index in [1.807, 2.05) is 19.9 Å². The third kappa shape index (κ3) is 7.85. The fourth-order valence-corrected chi connectivity index (χ4v) is 6.41. The Kier molecular flexibility index (Phi) is 10.1. The first-order valence-corrected chi connectivity index (χ1v) is 15.8. The Morgan fingerprint density at radius 1 is 1.08 bits per heavy atom. The summed E-state index contributed by atoms with van der Waals surface area (Å²) in [5, 5.41) is 4.76. The highest BCUT2D eigenvalue weighted by Gasteiger charge is 2.36. The first kappa shape index (κ1) is 29.6. The van der Waals surface area contributed by atoms with Gasteiger partial charge in [0.15, 0.2) is 0 Å². The van der Waals surface area contributed by atoms with Gasteiger partial charge in [0.25, 0.3) is 0 Å². The van der Waals surface area contributed by atoms with Crippen molar-refractivity contribution in [1.82, 2.24) is 4.90 Å². The fourth-order valence-electron chi connectivity index (χ4n) is 5.49. The second kappa shape index (κ2) is 13.3. The monoisotopic (exact) mass is 553 g/mol. The minimum Gasteiger partial charge on any atom is -0.415 e. The molecule has 2 aliphatic rings. The molecule has 4 rings (SSSR count). The molecule has 0 aliphatic carbocycles. The number of benzene rings is 1. The number of ether oxygens (including phenoxy) is 1. The molecule has 0 atom stereocenters. The van der Waals surface area contributed by atoms with Crippen LogP contribution in [0.1, 0.15) is 89.0 Å². The number of amidine groups is 1. The molecule has 0 unspecified atom stereocenters. The molecule has 0 bridgehead atoms. The maximum Gasteiger partial charge on any atom is 0.315 e. The van der Waals surface area contributed by atoms with Crippen molar-refractivity contribution in [2.75, 3.05) is 45.3 Å². The summed E-state index contributed by atoms with van der Waals surface area (Å²) in [4.78, 5) is 21.8. The lowest BCUT2D eigenvalue weighted by Crippen LogP contribution is -2.59. The molecule has 1 aromatic heterocycles. The van der Waals surface area contributed by atoms with Gasteiger partial charge in [-0.15, -0.1) is 11.3 Å². The van der Waals surface area contributed by atoms with Crippen LogP contribution in [0.2, 0.25) is 0 Å². The normalized spacial score (nSPS) is 16.5. The second-order valence-electron chi connectivity index (χ2n) is 12.4. The molecule has 1 saturated heterocycles. The Balaban J connectivity index is 1.27. The summed E-state index contributed by atoms with van der Waals surface area (Å²) in [6, 6.07) is 10.5. The summed E-state index contributed by atoms with van der Waals surface area (Å²) in [5.74, 6) is 0.989. The number of fused-ring (bicyclic) bond motifs is 2. The Morgan fingerprint density at radius 2 is 1.74 bits per heavy atom. The largest absolute Gasteiger partial charge is 0.415 e. The predicted molar refractivity (Wildman–Crippen MR) is 164 cm³/mol. The number of carbonyl (C=O) groups is 1. The zero-order chi connectivity index (χ0) is 27.9. The number of para-hydroxylation sites is 2. The number of hydrogen-bond donors (Lipinski definition) is 1. The van der Waals surface area contributed by atoms with E-state index in [9.17, 15) is 4.79 Å². The van der Waals surface area contributed by atoms with Crippen molar-refractivity contribution in [3.63, 3.8) is 0 Å². The number of quaternary nitrogens is 1. The van der Waals surface area contributed by atoms with E-state index in [-0.39, 0.29) is 5.97 Å². The summed E-state index contributed by atoms with van der Waals surface area (Å²) in [5.41, 5.74) is 2.78. The standard InChI is InChI=1S/C32H49N4O2S/c1-6-7-8-9-10-11-12-15-18-32(3,4)31(37)38-24-36(5)21-19-35(20-22-36)29-26-23-25(2)39-30(26)34-28-17-14-13-16-27(28)33-29/h13-14,16-17,23,34H,6-12,15,18-22,24H2,1-5H3/q+1. The number of anilines is 2. The predicted octanol–water partition coefficient (Wildman–Crippen LogP) is 8.01. The Labute approximate surface area is 240 Å². The Bertz CT molecular complexity index is 1130. The number of carbonyl (C=O) groups excluding carboxylic acids is 1. The molecule has 1 fully saturated rings. The molecule has 7 heteroatoms. The molecule has 0 radical (unpaired) electrons. The lowest BCUT2D eigenvalue weighted by Gasteiger charge is -2.42. The van der Waals surface area contributed by atoms with Crippen LogP contribution >= 0.6 is 11.3 Å². The van der Waals surface area contributed by atoms with E-state index in [0.717, 1.165) is 65.7 Å². The van der Waals surface area contributed by atoms with Crippen LogP contribution in [0.3, 0.4) is 0 Å². The average Bonchev–Trinajstić information content (AvgIpc) is 3.21. The average molecular weight is 554 g/mol. The molecule has 2 aliphatic heterocycles. The van der Waals surface area contributed by atoms with E-state index >= 15 is 0 Å². The number of hydrogen-bond acceptors (Lipinski definition) is 6. The molecule has 1 aromatic carbocycles. The van der Waals surface area contributed by atoms with Crippen LogP contribution < -0.4 is 5.32 Å². The number of nitrogens with zero attached hydrogens (tertiary/aromatic N) is 3. The first-order chi connectivity index (χ1) is 18.7. The molecular weight excluding hydrogens is 504 g/mol. The van der Waals surface area contributed by atoms with E-state index in [0.29, 0.717) is 6.73 Å². The second-order valence-corrected chi connectivity index (χ2v) is 13.7. The summed E-state index contributed by atoms with van der Waals surface area (Å²) in [6.07, 6.45) is 11.2. The number of aryl methyl sites for hydroxylation is 1. The molecule has 214 valence electrons. The van der Waals surface area contributed by atoms with Crippen LogP contribution in [-0.2, 0) is 9.53 Å². The van der Waals surface area contributed by atoms with Crippen LogP contribution in [-0.4, -0.2) is 61.1 Å². The van der Waals surface area contributed by atoms with Crippen LogP contribution in [0.25, 0.3) is 0 Å². The van der Waals surface area contributed by atoms with Crippen molar-refractivity contribution in [1.29, 1.82) is 0 Å². The number of esters is 1. The summed E-state index contributed by atoms with van der Waals surface area (Å²) in [6.45, 7) is 12.5. The van der Waals surface area contributed by atoms with Gasteiger partial charge in [-0.3, -0.25) is 9.28 Å². The van der Waals surface area contributed by atoms with Crippen molar-refractivity contribution in [3.8, 4) is 0 Å². The third-order valence-corrected chi connectivity index (χ3v) is 9.27. The van der Waals surface area contributed by atoms with E-state index in [1.54, 1.807) is 11.3 Å². The van der Waals surface area contributed by atoms with Gasteiger partial charge in [0.2, 0.25) is 6.73 Å². The number of likely N-dealkylation sites (N-methyl/N-ethyl adjacent to an activating group) is 1. The molecule has 1 N–H and O–H groups in total. The van der Waals surface area contributed by atoms with Crippen molar-refractivity contribution in [3.05, 3.63) is 40.8 Å². The summed E-state index contributed by atoms with van der Waals surface area (Å²) >= 11 is 1.78. The summed E-state index contributed by atoms with van der Waals surface area (Å²) < 4.78 is 6.70. The Hall–Kier alpha value is -2.38. The quantitative estimate of drug-likeness (QED) is 0.164. The molecule has 3 heterocycles. The van der Waals surface area contributed by atoms with Gasteiger partial charge in [-0.05, 0) is 45.4 Å². The van der Waals surface area contributed by atoms with Gasteiger partial charge in [0.1, 0.15) is 10.8 Å². The topological polar surface area (TPSA) is 53.9 Å². The highest BCUT2D eigenvalue weighted by molar-refractivity contribution is 7.16. The summed E-state index contributed by atoms with van der Waals surface area (Å²) in [7, 11) is 2.21. The fraction of sp³-hybridized carbons (Fsp3) is 0.625. The molecular formula is C32H49N4O2S+. The smallest absolute Gasteiger partial charge is 0.315 e. The highest BCUT2D eigenvalue weighted by atomic mass is 32.1.